The Hall–Kier alpha value is -3.92. The third-order valence-corrected chi connectivity index (χ3v) is 7.17. The van der Waals surface area contributed by atoms with Gasteiger partial charge in [-0.1, -0.05) is 12.1 Å². The predicted molar refractivity (Wildman–Crippen MR) is 138 cm³/mol. The number of rotatable bonds is 5. The number of nitrogen functional groups attached to an aromatic ring is 1. The minimum atomic E-state index is 0.0139. The molecule has 0 saturated carbocycles. The van der Waals surface area contributed by atoms with E-state index in [1.807, 2.05) is 16.8 Å². The van der Waals surface area contributed by atoms with Crippen molar-refractivity contribution in [1.82, 2.24) is 29.7 Å². The Morgan fingerprint density at radius 1 is 1.11 bits per heavy atom. The standard InChI is InChI=1S/C26H30N8O2/c1-17(35)31-19-6-10-32(15-19)21-4-2-3-18(13-21)24-14-22(25-26(27)28-16-30-34(24)25)23-5-9-29-33(23)20-7-11-36-12-8-20/h2-5,9,13-14,16,19-20H,6-8,10-12,15H2,1H3,(H,31,35)(H2,27,28,30). The molecule has 1 unspecified atom stereocenters. The van der Waals surface area contributed by atoms with Crippen LogP contribution in [0.3, 0.4) is 0 Å². The van der Waals surface area contributed by atoms with Gasteiger partial charge in [-0.2, -0.15) is 10.2 Å². The zero-order valence-corrected chi connectivity index (χ0v) is 20.3. The molecule has 0 radical (unpaired) electrons. The number of aromatic nitrogens is 5. The molecule has 186 valence electrons. The van der Waals surface area contributed by atoms with Crippen molar-refractivity contribution in [1.29, 1.82) is 0 Å². The predicted octanol–water partition coefficient (Wildman–Crippen LogP) is 2.91. The molecule has 2 fully saturated rings. The molecule has 3 aromatic heterocycles. The number of hydrogen-bond donors (Lipinski definition) is 2. The molecule has 5 heterocycles. The van der Waals surface area contributed by atoms with Crippen molar-refractivity contribution in [2.45, 2.75) is 38.3 Å². The number of benzene rings is 1. The second kappa shape index (κ2) is 9.27. The highest BCUT2D eigenvalue weighted by atomic mass is 16.5. The summed E-state index contributed by atoms with van der Waals surface area (Å²) in [6.07, 6.45) is 6.12. The summed E-state index contributed by atoms with van der Waals surface area (Å²) < 4.78 is 9.53. The molecule has 1 aromatic carbocycles. The van der Waals surface area contributed by atoms with Crippen molar-refractivity contribution in [3.05, 3.63) is 48.9 Å². The van der Waals surface area contributed by atoms with Crippen molar-refractivity contribution in [2.75, 3.05) is 36.9 Å². The zero-order chi connectivity index (χ0) is 24.6. The summed E-state index contributed by atoms with van der Waals surface area (Å²) >= 11 is 0. The largest absolute Gasteiger partial charge is 0.382 e. The van der Waals surface area contributed by atoms with Crippen molar-refractivity contribution in [3.8, 4) is 22.5 Å². The molecule has 2 aliphatic heterocycles. The van der Waals surface area contributed by atoms with E-state index in [4.69, 9.17) is 10.5 Å². The maximum absolute atomic E-state index is 11.5. The molecule has 0 aliphatic carbocycles. The van der Waals surface area contributed by atoms with E-state index >= 15 is 0 Å². The number of hydrogen-bond acceptors (Lipinski definition) is 7. The number of anilines is 2. The molecule has 36 heavy (non-hydrogen) atoms. The smallest absolute Gasteiger partial charge is 0.217 e. The Kier molecular flexibility index (Phi) is 5.80. The number of nitrogens with zero attached hydrogens (tertiary/aromatic N) is 6. The first kappa shape index (κ1) is 22.5. The van der Waals surface area contributed by atoms with Gasteiger partial charge in [0, 0.05) is 62.3 Å². The van der Waals surface area contributed by atoms with Gasteiger partial charge in [0.2, 0.25) is 5.91 Å². The van der Waals surface area contributed by atoms with Crippen molar-refractivity contribution < 1.29 is 9.53 Å². The zero-order valence-electron chi connectivity index (χ0n) is 20.3. The van der Waals surface area contributed by atoms with Crippen molar-refractivity contribution in [3.63, 3.8) is 0 Å². The van der Waals surface area contributed by atoms with Gasteiger partial charge in [0.05, 0.1) is 17.4 Å². The molecule has 2 aliphatic rings. The van der Waals surface area contributed by atoms with E-state index in [0.29, 0.717) is 5.82 Å². The molecular formula is C26H30N8O2. The van der Waals surface area contributed by atoms with E-state index in [9.17, 15) is 4.79 Å². The number of ether oxygens (including phenoxy) is 1. The minimum Gasteiger partial charge on any atom is -0.382 e. The summed E-state index contributed by atoms with van der Waals surface area (Å²) in [5, 5.41) is 12.3. The third kappa shape index (κ3) is 4.07. The first-order chi connectivity index (χ1) is 17.6. The summed E-state index contributed by atoms with van der Waals surface area (Å²) in [4.78, 5) is 18.1. The van der Waals surface area contributed by atoms with Crippen LogP contribution >= 0.6 is 0 Å². The Balaban J connectivity index is 1.40. The molecular weight excluding hydrogens is 456 g/mol. The quantitative estimate of drug-likeness (QED) is 0.446. The SMILES string of the molecule is CC(=O)NC1CCN(c2cccc(-c3cc(-c4ccnn4C4CCOCC4)c4c(N)ncnn34)c2)C1. The summed E-state index contributed by atoms with van der Waals surface area (Å²) in [6.45, 7) is 4.74. The molecule has 1 atom stereocenters. The Labute approximate surface area is 209 Å². The fourth-order valence-corrected chi connectivity index (χ4v) is 5.48. The lowest BCUT2D eigenvalue weighted by Gasteiger charge is -2.24. The second-order valence-electron chi connectivity index (χ2n) is 9.54. The van der Waals surface area contributed by atoms with E-state index < -0.39 is 0 Å². The van der Waals surface area contributed by atoms with E-state index in [-0.39, 0.29) is 18.0 Å². The maximum Gasteiger partial charge on any atom is 0.217 e. The Morgan fingerprint density at radius 3 is 2.81 bits per heavy atom. The summed E-state index contributed by atoms with van der Waals surface area (Å²) in [7, 11) is 0. The Bertz CT molecular complexity index is 1400. The maximum atomic E-state index is 11.5. The van der Waals surface area contributed by atoms with Crippen LogP contribution in [0.4, 0.5) is 11.5 Å². The van der Waals surface area contributed by atoms with E-state index in [1.54, 1.807) is 6.92 Å². The molecule has 0 bridgehead atoms. The fourth-order valence-electron chi connectivity index (χ4n) is 5.48. The number of amides is 1. The molecule has 0 spiro atoms. The van der Waals surface area contributed by atoms with Crippen LogP contribution in [0.15, 0.2) is 48.9 Å². The minimum absolute atomic E-state index is 0.0139. The first-order valence-corrected chi connectivity index (χ1v) is 12.4. The van der Waals surface area contributed by atoms with Crippen molar-refractivity contribution in [2.24, 2.45) is 0 Å². The first-order valence-electron chi connectivity index (χ1n) is 12.4. The molecule has 10 heteroatoms. The van der Waals surface area contributed by atoms with Crippen LogP contribution in [0.5, 0.6) is 0 Å². The van der Waals surface area contributed by atoms with Crippen LogP contribution in [0.1, 0.15) is 32.2 Å². The summed E-state index contributed by atoms with van der Waals surface area (Å²) in [6, 6.07) is 13.1. The van der Waals surface area contributed by atoms with Gasteiger partial charge in [0.25, 0.3) is 0 Å². The van der Waals surface area contributed by atoms with Gasteiger partial charge in [-0.05, 0) is 43.5 Å². The topological polar surface area (TPSA) is 116 Å². The van der Waals surface area contributed by atoms with E-state index in [2.05, 4.69) is 60.4 Å². The van der Waals surface area contributed by atoms with Crippen LogP contribution < -0.4 is 16.0 Å². The van der Waals surface area contributed by atoms with Crippen LogP contribution in [0, 0.1) is 0 Å². The average Bonchev–Trinajstić information content (AvgIpc) is 3.63. The summed E-state index contributed by atoms with van der Waals surface area (Å²) in [5.41, 5.74) is 12.2. The van der Waals surface area contributed by atoms with Crippen LogP contribution in [0.25, 0.3) is 28.0 Å². The third-order valence-electron chi connectivity index (χ3n) is 7.17. The van der Waals surface area contributed by atoms with Gasteiger partial charge < -0.3 is 20.7 Å². The monoisotopic (exact) mass is 486 g/mol. The number of carbonyl (C=O) groups is 1. The second-order valence-corrected chi connectivity index (χ2v) is 9.54. The van der Waals surface area contributed by atoms with Gasteiger partial charge in [0.15, 0.2) is 5.82 Å². The normalized spacial score (nSPS) is 18.7. The lowest BCUT2D eigenvalue weighted by Crippen LogP contribution is -2.35. The highest BCUT2D eigenvalue weighted by Crippen LogP contribution is 2.37. The van der Waals surface area contributed by atoms with Gasteiger partial charge in [-0.15, -0.1) is 0 Å². The Morgan fingerprint density at radius 2 is 1.97 bits per heavy atom. The van der Waals surface area contributed by atoms with Crippen LogP contribution in [-0.4, -0.2) is 62.6 Å². The molecule has 2 saturated heterocycles. The highest BCUT2D eigenvalue weighted by Gasteiger charge is 2.25. The number of nitrogens with one attached hydrogen (secondary N) is 1. The van der Waals surface area contributed by atoms with Gasteiger partial charge in [0.1, 0.15) is 11.8 Å². The number of nitrogens with two attached hydrogens (primary N) is 1. The van der Waals surface area contributed by atoms with Crippen LogP contribution in [-0.2, 0) is 9.53 Å². The fraction of sp³-hybridized carbons (Fsp3) is 0.385. The number of fused-ring (bicyclic) bond motifs is 1. The molecule has 4 aromatic rings. The molecule has 1 amide bonds. The van der Waals surface area contributed by atoms with Crippen molar-refractivity contribution >= 4 is 22.9 Å². The average molecular weight is 487 g/mol. The summed E-state index contributed by atoms with van der Waals surface area (Å²) in [5.74, 6) is 0.444. The van der Waals surface area contributed by atoms with Gasteiger partial charge in [-0.3, -0.25) is 9.48 Å². The molecule has 3 N–H and O–H groups in total. The molecule has 6 rings (SSSR count). The van der Waals surface area contributed by atoms with E-state index in [0.717, 1.165) is 79.3 Å². The van der Waals surface area contributed by atoms with Gasteiger partial charge in [-0.25, -0.2) is 9.50 Å². The lowest BCUT2D eigenvalue weighted by molar-refractivity contribution is -0.119. The van der Waals surface area contributed by atoms with Gasteiger partial charge >= 0.3 is 0 Å². The molecule has 10 nitrogen and oxygen atoms in total. The van der Waals surface area contributed by atoms with E-state index in [1.165, 1.54) is 6.33 Å². The lowest BCUT2D eigenvalue weighted by atomic mass is 10.1. The number of carbonyl (C=O) groups excluding carboxylic acids is 1. The highest BCUT2D eigenvalue weighted by molar-refractivity contribution is 5.91. The van der Waals surface area contributed by atoms with Crippen LogP contribution in [0.2, 0.25) is 0 Å².